The average molecular weight is 480 g/mol. The van der Waals surface area contributed by atoms with Crippen LogP contribution in [0.15, 0.2) is 48.5 Å². The molecule has 4 rings (SSSR count). The van der Waals surface area contributed by atoms with Gasteiger partial charge in [-0.2, -0.15) is 0 Å². The fraction of sp³-hybridized carbons (Fsp3) is 0.304. The van der Waals surface area contributed by atoms with Crippen molar-refractivity contribution in [3.63, 3.8) is 0 Å². The predicted octanol–water partition coefficient (Wildman–Crippen LogP) is 6.82. The Bertz CT molecular complexity index is 1070. The van der Waals surface area contributed by atoms with Gasteiger partial charge in [0.15, 0.2) is 0 Å². The highest BCUT2D eigenvalue weighted by molar-refractivity contribution is 6.43. The number of nitrogens with zero attached hydrogens (tertiary/aromatic N) is 1. The van der Waals surface area contributed by atoms with Gasteiger partial charge >= 0.3 is 6.03 Å². The van der Waals surface area contributed by atoms with Crippen LogP contribution in [0.5, 0.6) is 0 Å². The third kappa shape index (κ3) is 5.73. The number of aromatic nitrogens is 1. The smallest absolute Gasteiger partial charge is 0.319 e. The van der Waals surface area contributed by atoms with Crippen molar-refractivity contribution >= 4 is 64.0 Å². The van der Waals surface area contributed by atoms with Crippen molar-refractivity contribution in [2.24, 2.45) is 0 Å². The Morgan fingerprint density at radius 2 is 1.71 bits per heavy atom. The van der Waals surface area contributed by atoms with Gasteiger partial charge in [0.05, 0.1) is 21.2 Å². The van der Waals surface area contributed by atoms with Gasteiger partial charge < -0.3 is 16.0 Å². The highest BCUT2D eigenvalue weighted by Gasteiger charge is 2.23. The normalized spacial score (nSPS) is 18.2. The summed E-state index contributed by atoms with van der Waals surface area (Å²) in [7, 11) is 0. The van der Waals surface area contributed by atoms with Crippen LogP contribution in [0.3, 0.4) is 0 Å². The maximum absolute atomic E-state index is 12.3. The molecule has 164 valence electrons. The van der Waals surface area contributed by atoms with Crippen molar-refractivity contribution in [3.05, 3.63) is 64.1 Å². The number of benzene rings is 2. The van der Waals surface area contributed by atoms with Crippen LogP contribution in [0, 0.1) is 6.92 Å². The minimum Gasteiger partial charge on any atom is -0.367 e. The molecule has 1 heterocycles. The van der Waals surface area contributed by atoms with Crippen molar-refractivity contribution in [3.8, 4) is 0 Å². The van der Waals surface area contributed by atoms with Gasteiger partial charge in [-0.1, -0.05) is 47.5 Å². The Hall–Kier alpha value is -2.21. The van der Waals surface area contributed by atoms with E-state index in [0.29, 0.717) is 21.8 Å². The zero-order valence-corrected chi connectivity index (χ0v) is 19.4. The van der Waals surface area contributed by atoms with E-state index in [4.69, 9.17) is 28.2 Å². The molecule has 3 N–H and O–H groups in total. The van der Waals surface area contributed by atoms with Crippen LogP contribution in [-0.4, -0.2) is 23.1 Å². The van der Waals surface area contributed by atoms with Crippen molar-refractivity contribution in [1.29, 1.82) is 0 Å². The van der Waals surface area contributed by atoms with E-state index in [1.54, 1.807) is 18.2 Å². The Morgan fingerprint density at radius 3 is 2.48 bits per heavy atom. The minimum atomic E-state index is -0.262. The second-order valence-corrected chi connectivity index (χ2v) is 8.52. The summed E-state index contributed by atoms with van der Waals surface area (Å²) in [4.78, 5) is 17.1. The molecular formula is C23H25Cl3N4O. The SMILES string of the molecule is Cc1cc(NC2CCC(NC(=O)Nc3cccc(Cl)c3Cl)CC2)nc2ccccc12.Cl. The Labute approximate surface area is 198 Å². The van der Waals surface area contributed by atoms with Crippen LogP contribution in [0.1, 0.15) is 31.2 Å². The second-order valence-electron chi connectivity index (χ2n) is 7.73. The van der Waals surface area contributed by atoms with Crippen LogP contribution in [0.25, 0.3) is 10.9 Å². The largest absolute Gasteiger partial charge is 0.367 e. The van der Waals surface area contributed by atoms with Crippen molar-refractivity contribution in [2.75, 3.05) is 10.6 Å². The molecule has 31 heavy (non-hydrogen) atoms. The number of hydrogen-bond acceptors (Lipinski definition) is 3. The van der Waals surface area contributed by atoms with Gasteiger partial charge in [-0.15, -0.1) is 12.4 Å². The number of nitrogens with one attached hydrogen (secondary N) is 3. The topological polar surface area (TPSA) is 66.0 Å². The molecule has 2 amide bonds. The number of pyridine rings is 1. The van der Waals surface area contributed by atoms with Crippen molar-refractivity contribution in [1.82, 2.24) is 10.3 Å². The number of anilines is 2. The molecule has 5 nitrogen and oxygen atoms in total. The Balaban J connectivity index is 0.00000272. The first kappa shape index (κ1) is 23.5. The van der Waals surface area contributed by atoms with E-state index >= 15 is 0 Å². The predicted molar refractivity (Wildman–Crippen MR) is 132 cm³/mol. The van der Waals surface area contributed by atoms with E-state index in [2.05, 4.69) is 35.0 Å². The molecule has 3 aromatic rings. The highest BCUT2D eigenvalue weighted by atomic mass is 35.5. The summed E-state index contributed by atoms with van der Waals surface area (Å²) < 4.78 is 0. The number of halogens is 3. The number of urea groups is 1. The summed E-state index contributed by atoms with van der Waals surface area (Å²) in [5, 5.41) is 11.3. The molecule has 1 aliphatic rings. The Morgan fingerprint density at radius 1 is 1.00 bits per heavy atom. The lowest BCUT2D eigenvalue weighted by Gasteiger charge is -2.30. The van der Waals surface area contributed by atoms with Crippen LogP contribution < -0.4 is 16.0 Å². The minimum absolute atomic E-state index is 0. The molecule has 0 atom stereocenters. The number of aryl methyl sites for hydroxylation is 1. The van der Waals surface area contributed by atoms with Gasteiger partial charge in [-0.25, -0.2) is 9.78 Å². The van der Waals surface area contributed by atoms with E-state index in [-0.39, 0.29) is 24.5 Å². The van der Waals surface area contributed by atoms with Crippen LogP contribution in [0.2, 0.25) is 10.0 Å². The zero-order chi connectivity index (χ0) is 21.1. The lowest BCUT2D eigenvalue weighted by atomic mass is 9.91. The summed E-state index contributed by atoms with van der Waals surface area (Å²) in [5.74, 6) is 0.913. The lowest BCUT2D eigenvalue weighted by molar-refractivity contribution is 0.243. The van der Waals surface area contributed by atoms with E-state index in [1.807, 2.05) is 18.2 Å². The van der Waals surface area contributed by atoms with Crippen LogP contribution in [-0.2, 0) is 0 Å². The molecule has 0 bridgehead atoms. The average Bonchev–Trinajstić information content (AvgIpc) is 2.73. The van der Waals surface area contributed by atoms with Gasteiger partial charge in [-0.3, -0.25) is 0 Å². The fourth-order valence-corrected chi connectivity index (χ4v) is 4.31. The first-order valence-electron chi connectivity index (χ1n) is 10.1. The van der Waals surface area contributed by atoms with Gasteiger partial charge in [0, 0.05) is 17.5 Å². The van der Waals surface area contributed by atoms with Gasteiger partial charge in [0.1, 0.15) is 5.82 Å². The third-order valence-corrected chi connectivity index (χ3v) is 6.36. The van der Waals surface area contributed by atoms with Gasteiger partial charge in [0.2, 0.25) is 0 Å². The van der Waals surface area contributed by atoms with E-state index in [0.717, 1.165) is 37.0 Å². The fourth-order valence-electron chi connectivity index (χ4n) is 3.96. The standard InChI is InChI=1S/C23H24Cl2N4O.ClH/c1-14-13-21(28-19-7-3-2-5-17(14)19)26-15-9-11-16(12-10-15)27-23(30)29-20-8-4-6-18(24)22(20)25;/h2-8,13,15-16H,9-12H2,1H3,(H,26,28)(H2,27,29,30);1H. The summed E-state index contributed by atoms with van der Waals surface area (Å²) in [6, 6.07) is 15.7. The molecule has 1 saturated carbocycles. The monoisotopic (exact) mass is 478 g/mol. The molecule has 0 unspecified atom stereocenters. The first-order chi connectivity index (χ1) is 14.5. The van der Waals surface area contributed by atoms with Crippen molar-refractivity contribution in [2.45, 2.75) is 44.7 Å². The summed E-state index contributed by atoms with van der Waals surface area (Å²) in [6.45, 7) is 2.11. The highest BCUT2D eigenvalue weighted by Crippen LogP contribution is 2.30. The second kappa shape index (κ2) is 10.4. The molecular weight excluding hydrogens is 455 g/mol. The summed E-state index contributed by atoms with van der Waals surface area (Å²) >= 11 is 12.1. The van der Waals surface area contributed by atoms with Crippen LogP contribution in [0.4, 0.5) is 16.3 Å². The molecule has 0 aliphatic heterocycles. The molecule has 8 heteroatoms. The van der Waals surface area contributed by atoms with E-state index in [9.17, 15) is 4.79 Å². The number of rotatable bonds is 4. The first-order valence-corrected chi connectivity index (χ1v) is 10.9. The summed E-state index contributed by atoms with van der Waals surface area (Å²) in [6.07, 6.45) is 3.74. The molecule has 0 saturated heterocycles. The number of para-hydroxylation sites is 1. The van der Waals surface area contributed by atoms with E-state index in [1.165, 1.54) is 10.9 Å². The third-order valence-electron chi connectivity index (χ3n) is 5.54. The van der Waals surface area contributed by atoms with Crippen LogP contribution >= 0.6 is 35.6 Å². The number of fused-ring (bicyclic) bond motifs is 1. The van der Waals surface area contributed by atoms with Crippen molar-refractivity contribution < 1.29 is 4.79 Å². The molecule has 1 aliphatic carbocycles. The molecule has 1 fully saturated rings. The quantitative estimate of drug-likeness (QED) is 0.385. The number of amides is 2. The Kier molecular flexibility index (Phi) is 7.87. The molecule has 2 aromatic carbocycles. The van der Waals surface area contributed by atoms with Gasteiger partial charge in [-0.05, 0) is 62.4 Å². The maximum atomic E-state index is 12.3. The summed E-state index contributed by atoms with van der Waals surface area (Å²) in [5.41, 5.74) is 2.73. The lowest BCUT2D eigenvalue weighted by Crippen LogP contribution is -2.42. The zero-order valence-electron chi connectivity index (χ0n) is 17.1. The van der Waals surface area contributed by atoms with Gasteiger partial charge in [0.25, 0.3) is 0 Å². The number of carbonyl (C=O) groups is 1. The maximum Gasteiger partial charge on any atom is 0.319 e. The molecule has 1 aromatic heterocycles. The number of hydrogen-bond donors (Lipinski definition) is 3. The molecule has 0 radical (unpaired) electrons. The van der Waals surface area contributed by atoms with E-state index < -0.39 is 0 Å². The molecule has 0 spiro atoms. The number of carbonyl (C=O) groups excluding carboxylic acids is 1.